The van der Waals surface area contributed by atoms with Gasteiger partial charge in [-0.05, 0) is 31.0 Å². The van der Waals surface area contributed by atoms with Crippen molar-refractivity contribution in [1.82, 2.24) is 19.6 Å². The van der Waals surface area contributed by atoms with Gasteiger partial charge in [0.1, 0.15) is 5.00 Å². The van der Waals surface area contributed by atoms with Crippen LogP contribution in [0.25, 0.3) is 16.8 Å². The molecule has 0 saturated carbocycles. The molecule has 0 saturated heterocycles. The van der Waals surface area contributed by atoms with E-state index in [1.807, 2.05) is 42.5 Å². The van der Waals surface area contributed by atoms with E-state index in [4.69, 9.17) is 4.74 Å². The standard InChI is InChI=1S/C20H21N5O3S2/c1-4-28-18(27)12-9-15(11(2)3)30-17(12)22-16(26)10-29-20-24-23-19-21-13-7-5-6-8-14(13)25(19)20/h5-9,11H,4,10H2,1-3H3,(H,21,23)(H,22,26). The van der Waals surface area contributed by atoms with Gasteiger partial charge in [-0.15, -0.1) is 16.4 Å². The Balaban J connectivity index is 1.50. The number of anilines is 1. The third kappa shape index (κ3) is 3.92. The smallest absolute Gasteiger partial charge is 0.341 e. The number of benzene rings is 1. The van der Waals surface area contributed by atoms with Crippen LogP contribution < -0.4 is 5.32 Å². The zero-order valence-electron chi connectivity index (χ0n) is 16.8. The summed E-state index contributed by atoms with van der Waals surface area (Å²) >= 11 is 2.70. The Bertz CT molecular complexity index is 1220. The van der Waals surface area contributed by atoms with Crippen LogP contribution in [0, 0.1) is 0 Å². The summed E-state index contributed by atoms with van der Waals surface area (Å²) in [5.41, 5.74) is 2.18. The lowest BCUT2D eigenvalue weighted by Gasteiger charge is -2.05. The molecule has 30 heavy (non-hydrogen) atoms. The summed E-state index contributed by atoms with van der Waals surface area (Å²) in [6.45, 7) is 6.12. The van der Waals surface area contributed by atoms with Crippen LogP contribution in [0.2, 0.25) is 0 Å². The first-order valence-corrected chi connectivity index (χ1v) is 11.3. The predicted molar refractivity (Wildman–Crippen MR) is 119 cm³/mol. The number of hydrogen-bond donors (Lipinski definition) is 2. The van der Waals surface area contributed by atoms with Crippen LogP contribution in [-0.2, 0) is 9.53 Å². The maximum Gasteiger partial charge on any atom is 0.341 e. The van der Waals surface area contributed by atoms with Gasteiger partial charge in [0.25, 0.3) is 0 Å². The van der Waals surface area contributed by atoms with E-state index in [0.29, 0.717) is 21.5 Å². The van der Waals surface area contributed by atoms with Gasteiger partial charge >= 0.3 is 5.97 Å². The van der Waals surface area contributed by atoms with Gasteiger partial charge in [-0.1, -0.05) is 37.7 Å². The first kappa shape index (κ1) is 20.4. The quantitative estimate of drug-likeness (QED) is 0.326. The monoisotopic (exact) mass is 443 g/mol. The molecule has 0 unspecified atom stereocenters. The number of fused-ring (bicyclic) bond motifs is 3. The van der Waals surface area contributed by atoms with Gasteiger partial charge in [0.2, 0.25) is 11.7 Å². The molecule has 0 fully saturated rings. The number of thioether (sulfide) groups is 1. The van der Waals surface area contributed by atoms with E-state index >= 15 is 0 Å². The van der Waals surface area contributed by atoms with E-state index < -0.39 is 5.97 Å². The highest BCUT2D eigenvalue weighted by Crippen LogP contribution is 2.33. The van der Waals surface area contributed by atoms with Crippen molar-refractivity contribution >= 4 is 56.8 Å². The molecule has 0 bridgehead atoms. The Morgan fingerprint density at radius 3 is 2.90 bits per heavy atom. The third-order valence-corrected chi connectivity index (χ3v) is 6.69. The molecule has 3 aromatic heterocycles. The zero-order valence-corrected chi connectivity index (χ0v) is 18.4. The summed E-state index contributed by atoms with van der Waals surface area (Å²) in [6, 6.07) is 9.54. The molecule has 10 heteroatoms. The largest absolute Gasteiger partial charge is 0.462 e. The van der Waals surface area contributed by atoms with Crippen molar-refractivity contribution in [2.24, 2.45) is 0 Å². The van der Waals surface area contributed by atoms with Gasteiger partial charge in [-0.25, -0.2) is 14.9 Å². The van der Waals surface area contributed by atoms with Crippen molar-refractivity contribution in [3.63, 3.8) is 0 Å². The number of amides is 1. The maximum absolute atomic E-state index is 12.6. The lowest BCUT2D eigenvalue weighted by atomic mass is 10.1. The van der Waals surface area contributed by atoms with Crippen molar-refractivity contribution < 1.29 is 14.3 Å². The van der Waals surface area contributed by atoms with E-state index in [1.54, 1.807) is 13.0 Å². The fourth-order valence-corrected chi connectivity index (χ4v) is 4.80. The SMILES string of the molecule is CCOC(=O)c1cc(C(C)C)sc1NC(=O)CSc1n[nH]c2nc3ccccc3n12. The van der Waals surface area contributed by atoms with E-state index in [2.05, 4.69) is 20.5 Å². The number of para-hydroxylation sites is 2. The number of aromatic amines is 1. The first-order chi connectivity index (χ1) is 14.5. The summed E-state index contributed by atoms with van der Waals surface area (Å²) in [5.74, 6) is 0.369. The average Bonchev–Trinajstić information content (AvgIpc) is 3.40. The number of H-pyrrole nitrogens is 1. The van der Waals surface area contributed by atoms with Crippen molar-refractivity contribution in [2.75, 3.05) is 17.7 Å². The lowest BCUT2D eigenvalue weighted by Crippen LogP contribution is -2.16. The predicted octanol–water partition coefficient (Wildman–Crippen LogP) is 4.30. The van der Waals surface area contributed by atoms with Crippen LogP contribution in [0.1, 0.15) is 41.9 Å². The second kappa shape index (κ2) is 8.49. The number of esters is 1. The summed E-state index contributed by atoms with van der Waals surface area (Å²) in [5, 5.41) is 11.2. The highest BCUT2D eigenvalue weighted by Gasteiger charge is 2.21. The first-order valence-electron chi connectivity index (χ1n) is 9.53. The Labute approximate surface area is 181 Å². The Hall–Kier alpha value is -2.85. The van der Waals surface area contributed by atoms with Crippen LogP contribution in [0.15, 0.2) is 35.5 Å². The number of aromatic nitrogens is 4. The molecule has 0 aliphatic carbocycles. The highest BCUT2D eigenvalue weighted by molar-refractivity contribution is 7.99. The van der Waals surface area contributed by atoms with Crippen LogP contribution >= 0.6 is 23.1 Å². The molecule has 0 aliphatic rings. The Morgan fingerprint density at radius 1 is 1.33 bits per heavy atom. The minimum Gasteiger partial charge on any atom is -0.462 e. The molecule has 3 heterocycles. The van der Waals surface area contributed by atoms with Crippen LogP contribution in [0.4, 0.5) is 5.00 Å². The van der Waals surface area contributed by atoms with Gasteiger partial charge in [0.05, 0.1) is 29.0 Å². The zero-order chi connectivity index (χ0) is 21.3. The molecule has 4 aromatic rings. The number of nitrogens with zero attached hydrogens (tertiary/aromatic N) is 3. The van der Waals surface area contributed by atoms with E-state index in [1.165, 1.54) is 23.1 Å². The molecule has 0 radical (unpaired) electrons. The molecular weight excluding hydrogens is 422 g/mol. The van der Waals surface area contributed by atoms with E-state index in [-0.39, 0.29) is 24.2 Å². The normalized spacial score (nSPS) is 11.5. The Kier molecular flexibility index (Phi) is 5.78. The van der Waals surface area contributed by atoms with Gasteiger partial charge in [-0.3, -0.25) is 9.20 Å². The molecule has 0 aliphatic heterocycles. The van der Waals surface area contributed by atoms with Crippen molar-refractivity contribution in [1.29, 1.82) is 0 Å². The summed E-state index contributed by atoms with van der Waals surface area (Å²) < 4.78 is 7.02. The second-order valence-corrected chi connectivity index (χ2v) is 8.90. The van der Waals surface area contributed by atoms with Gasteiger partial charge in [0.15, 0.2) is 5.16 Å². The number of rotatable bonds is 7. The minimum absolute atomic E-state index is 0.142. The van der Waals surface area contributed by atoms with Gasteiger partial charge < -0.3 is 10.1 Å². The van der Waals surface area contributed by atoms with Crippen LogP contribution in [-0.4, -0.2) is 43.8 Å². The van der Waals surface area contributed by atoms with Crippen LogP contribution in [0.3, 0.4) is 0 Å². The van der Waals surface area contributed by atoms with Crippen molar-refractivity contribution in [3.05, 3.63) is 40.8 Å². The molecular formula is C20H21N5O3S2. The highest BCUT2D eigenvalue weighted by atomic mass is 32.2. The fraction of sp³-hybridized carbons (Fsp3) is 0.300. The number of carbonyl (C=O) groups is 2. The molecule has 1 aromatic carbocycles. The second-order valence-electron chi connectivity index (χ2n) is 6.87. The molecule has 0 spiro atoms. The van der Waals surface area contributed by atoms with E-state index in [0.717, 1.165) is 15.9 Å². The number of nitrogens with one attached hydrogen (secondary N) is 2. The van der Waals surface area contributed by atoms with Crippen molar-refractivity contribution in [2.45, 2.75) is 31.8 Å². The number of thiophene rings is 1. The Morgan fingerprint density at radius 2 is 2.13 bits per heavy atom. The molecule has 1 amide bonds. The topological polar surface area (TPSA) is 101 Å². The number of carbonyl (C=O) groups excluding carboxylic acids is 2. The minimum atomic E-state index is -0.428. The average molecular weight is 444 g/mol. The van der Waals surface area contributed by atoms with Gasteiger partial charge in [-0.2, -0.15) is 0 Å². The van der Waals surface area contributed by atoms with Crippen LogP contribution in [0.5, 0.6) is 0 Å². The molecule has 4 rings (SSSR count). The molecule has 2 N–H and O–H groups in total. The van der Waals surface area contributed by atoms with Gasteiger partial charge in [0, 0.05) is 4.88 Å². The molecule has 0 atom stereocenters. The maximum atomic E-state index is 12.6. The summed E-state index contributed by atoms with van der Waals surface area (Å²) in [7, 11) is 0. The molecule has 156 valence electrons. The third-order valence-electron chi connectivity index (χ3n) is 4.40. The van der Waals surface area contributed by atoms with Crippen molar-refractivity contribution in [3.8, 4) is 0 Å². The summed E-state index contributed by atoms with van der Waals surface area (Å²) in [6.07, 6.45) is 0. The number of hydrogen-bond acceptors (Lipinski definition) is 7. The number of imidazole rings is 1. The number of ether oxygens (including phenoxy) is 1. The summed E-state index contributed by atoms with van der Waals surface area (Å²) in [4.78, 5) is 30.4. The fourth-order valence-electron chi connectivity index (χ4n) is 2.98. The lowest BCUT2D eigenvalue weighted by molar-refractivity contribution is -0.113. The molecule has 8 nitrogen and oxygen atoms in total. The van der Waals surface area contributed by atoms with E-state index in [9.17, 15) is 9.59 Å².